The summed E-state index contributed by atoms with van der Waals surface area (Å²) in [5.41, 5.74) is 6.26. The molecule has 1 aromatic heterocycles. The van der Waals surface area contributed by atoms with Crippen molar-refractivity contribution in [2.75, 3.05) is 5.73 Å². The average molecular weight is 273 g/mol. The Morgan fingerprint density at radius 2 is 1.80 bits per heavy atom. The molecule has 0 saturated carbocycles. The van der Waals surface area contributed by atoms with Crippen LogP contribution in [0.25, 0.3) is 0 Å². The molecule has 106 valence electrons. The summed E-state index contributed by atoms with van der Waals surface area (Å²) >= 11 is 0. The normalized spacial score (nSPS) is 21.5. The standard InChI is InChI=1S/C14H20BN3O2/c1-9(8-16)12-10(6-7-11(17)18-12)15-19-13(2,3)14(4,5)20-15/h6-7,9H,1-5H3,(H2,17,18). The number of aromatic nitrogens is 1. The van der Waals surface area contributed by atoms with Gasteiger partial charge in [-0.3, -0.25) is 0 Å². The Kier molecular flexibility index (Phi) is 3.53. The first kappa shape index (κ1) is 14.8. The van der Waals surface area contributed by atoms with Crippen molar-refractivity contribution in [1.82, 2.24) is 4.98 Å². The second-order valence-electron chi connectivity index (χ2n) is 6.15. The lowest BCUT2D eigenvalue weighted by Crippen LogP contribution is -2.41. The first-order valence-corrected chi connectivity index (χ1v) is 6.69. The second kappa shape index (κ2) is 4.76. The molecule has 2 N–H and O–H groups in total. The SMILES string of the molecule is CC(C#N)c1nc(N)ccc1B1OC(C)(C)C(C)(C)O1. The van der Waals surface area contributed by atoms with Gasteiger partial charge in [-0.15, -0.1) is 0 Å². The van der Waals surface area contributed by atoms with Gasteiger partial charge < -0.3 is 15.0 Å². The third kappa shape index (κ3) is 2.39. The van der Waals surface area contributed by atoms with Crippen LogP contribution in [0.3, 0.4) is 0 Å². The second-order valence-corrected chi connectivity index (χ2v) is 6.15. The summed E-state index contributed by atoms with van der Waals surface area (Å²) in [6.07, 6.45) is 0. The molecule has 0 bridgehead atoms. The van der Waals surface area contributed by atoms with Gasteiger partial charge in [0.25, 0.3) is 0 Å². The van der Waals surface area contributed by atoms with Crippen LogP contribution in [0.1, 0.15) is 46.2 Å². The molecule has 1 aliphatic heterocycles. The molecule has 0 aromatic carbocycles. The maximum absolute atomic E-state index is 9.14. The van der Waals surface area contributed by atoms with Crippen LogP contribution in [0.5, 0.6) is 0 Å². The molecular formula is C14H20BN3O2. The van der Waals surface area contributed by atoms with E-state index in [9.17, 15) is 0 Å². The fraction of sp³-hybridized carbons (Fsp3) is 0.571. The number of rotatable bonds is 2. The predicted molar refractivity (Wildman–Crippen MR) is 78.4 cm³/mol. The smallest absolute Gasteiger partial charge is 0.399 e. The molecule has 1 saturated heterocycles. The van der Waals surface area contributed by atoms with Crippen LogP contribution in [-0.4, -0.2) is 23.3 Å². The van der Waals surface area contributed by atoms with Crippen LogP contribution in [0.4, 0.5) is 5.82 Å². The summed E-state index contributed by atoms with van der Waals surface area (Å²) in [5, 5.41) is 9.14. The number of nitrogen functional groups attached to an aromatic ring is 1. The molecule has 2 rings (SSSR count). The molecule has 0 amide bonds. The zero-order valence-corrected chi connectivity index (χ0v) is 12.6. The molecule has 1 unspecified atom stereocenters. The number of nitrogens with zero attached hydrogens (tertiary/aromatic N) is 2. The first-order valence-electron chi connectivity index (χ1n) is 6.69. The van der Waals surface area contributed by atoms with Crippen LogP contribution >= 0.6 is 0 Å². The quantitative estimate of drug-likeness (QED) is 0.827. The molecule has 1 fully saturated rings. The molecule has 0 aliphatic carbocycles. The Hall–Kier alpha value is -1.58. The van der Waals surface area contributed by atoms with Gasteiger partial charge >= 0.3 is 7.12 Å². The van der Waals surface area contributed by atoms with E-state index in [1.165, 1.54) is 0 Å². The summed E-state index contributed by atoms with van der Waals surface area (Å²) in [7, 11) is -0.529. The highest BCUT2D eigenvalue weighted by molar-refractivity contribution is 6.62. The minimum absolute atomic E-state index is 0.368. The third-order valence-electron chi connectivity index (χ3n) is 4.09. The van der Waals surface area contributed by atoms with Crippen molar-refractivity contribution < 1.29 is 9.31 Å². The zero-order valence-electron chi connectivity index (χ0n) is 12.6. The third-order valence-corrected chi connectivity index (χ3v) is 4.09. The van der Waals surface area contributed by atoms with Crippen LogP contribution in [0, 0.1) is 11.3 Å². The van der Waals surface area contributed by atoms with Crippen molar-refractivity contribution in [3.63, 3.8) is 0 Å². The highest BCUT2D eigenvalue weighted by Gasteiger charge is 2.52. The molecule has 2 heterocycles. The van der Waals surface area contributed by atoms with Crippen LogP contribution in [-0.2, 0) is 9.31 Å². The van der Waals surface area contributed by atoms with E-state index in [0.29, 0.717) is 11.5 Å². The lowest BCUT2D eigenvalue weighted by molar-refractivity contribution is 0.00578. The van der Waals surface area contributed by atoms with Gasteiger partial charge in [-0.2, -0.15) is 5.26 Å². The number of nitriles is 1. The minimum Gasteiger partial charge on any atom is -0.399 e. The van der Waals surface area contributed by atoms with E-state index in [1.54, 1.807) is 13.0 Å². The van der Waals surface area contributed by atoms with Crippen molar-refractivity contribution in [3.05, 3.63) is 17.8 Å². The Balaban J connectivity index is 2.43. The number of hydrogen-bond donors (Lipinski definition) is 1. The van der Waals surface area contributed by atoms with Gasteiger partial charge in [0.1, 0.15) is 5.82 Å². The molecule has 5 nitrogen and oxygen atoms in total. The number of anilines is 1. The van der Waals surface area contributed by atoms with Crippen molar-refractivity contribution in [2.45, 2.75) is 51.7 Å². The molecule has 6 heteroatoms. The molecule has 1 aliphatic rings. The lowest BCUT2D eigenvalue weighted by atomic mass is 9.75. The summed E-state index contributed by atoms with van der Waals surface area (Å²) < 4.78 is 12.0. The van der Waals surface area contributed by atoms with Gasteiger partial charge in [0.05, 0.1) is 28.9 Å². The number of pyridine rings is 1. The van der Waals surface area contributed by atoms with Crippen molar-refractivity contribution in [3.8, 4) is 6.07 Å². The number of hydrogen-bond acceptors (Lipinski definition) is 5. The summed E-state index contributed by atoms with van der Waals surface area (Å²) in [4.78, 5) is 4.28. The Morgan fingerprint density at radius 1 is 1.25 bits per heavy atom. The number of nitrogens with two attached hydrogens (primary N) is 1. The minimum atomic E-state index is -0.529. The van der Waals surface area contributed by atoms with E-state index in [1.807, 2.05) is 33.8 Å². The van der Waals surface area contributed by atoms with Crippen LogP contribution < -0.4 is 11.2 Å². The summed E-state index contributed by atoms with van der Waals surface area (Å²) in [6, 6.07) is 5.71. The topological polar surface area (TPSA) is 81.2 Å². The van der Waals surface area contributed by atoms with Gasteiger partial charge in [-0.1, -0.05) is 6.07 Å². The fourth-order valence-corrected chi connectivity index (χ4v) is 2.08. The predicted octanol–water partition coefficient (Wildman–Crippen LogP) is 1.59. The van der Waals surface area contributed by atoms with Gasteiger partial charge in [0.2, 0.25) is 0 Å². The van der Waals surface area contributed by atoms with Crippen LogP contribution in [0.2, 0.25) is 0 Å². The largest absolute Gasteiger partial charge is 0.496 e. The summed E-state index contributed by atoms with van der Waals surface area (Å²) in [6.45, 7) is 9.75. The zero-order chi connectivity index (χ0) is 15.1. The van der Waals surface area contributed by atoms with Gasteiger partial charge in [0.15, 0.2) is 0 Å². The van der Waals surface area contributed by atoms with E-state index >= 15 is 0 Å². The Labute approximate surface area is 120 Å². The molecular weight excluding hydrogens is 253 g/mol. The monoisotopic (exact) mass is 273 g/mol. The average Bonchev–Trinajstić information content (AvgIpc) is 2.57. The van der Waals surface area contributed by atoms with E-state index < -0.39 is 18.3 Å². The van der Waals surface area contributed by atoms with E-state index in [4.69, 9.17) is 20.3 Å². The van der Waals surface area contributed by atoms with Crippen molar-refractivity contribution in [2.24, 2.45) is 0 Å². The molecule has 0 radical (unpaired) electrons. The highest BCUT2D eigenvalue weighted by atomic mass is 16.7. The van der Waals surface area contributed by atoms with Crippen molar-refractivity contribution in [1.29, 1.82) is 5.26 Å². The molecule has 20 heavy (non-hydrogen) atoms. The van der Waals surface area contributed by atoms with Gasteiger partial charge in [-0.25, -0.2) is 4.98 Å². The molecule has 1 atom stereocenters. The fourth-order valence-electron chi connectivity index (χ4n) is 2.08. The molecule has 1 aromatic rings. The van der Waals surface area contributed by atoms with Crippen molar-refractivity contribution >= 4 is 18.4 Å². The maximum Gasteiger partial charge on any atom is 0.496 e. The van der Waals surface area contributed by atoms with E-state index in [-0.39, 0.29) is 5.92 Å². The van der Waals surface area contributed by atoms with E-state index in [0.717, 1.165) is 5.46 Å². The maximum atomic E-state index is 9.14. The molecule has 0 spiro atoms. The van der Waals surface area contributed by atoms with Gasteiger partial charge in [-0.05, 0) is 40.7 Å². The van der Waals surface area contributed by atoms with Gasteiger partial charge in [0, 0.05) is 5.46 Å². The van der Waals surface area contributed by atoms with Crippen LogP contribution in [0.15, 0.2) is 12.1 Å². The van der Waals surface area contributed by atoms with E-state index in [2.05, 4.69) is 11.1 Å². The Bertz CT molecular complexity index is 550. The summed E-state index contributed by atoms with van der Waals surface area (Å²) in [5.74, 6) is 0.0230. The lowest BCUT2D eigenvalue weighted by Gasteiger charge is -2.32. The Morgan fingerprint density at radius 3 is 2.30 bits per heavy atom. The highest BCUT2D eigenvalue weighted by Crippen LogP contribution is 2.36. The first-order chi connectivity index (χ1) is 9.18.